The van der Waals surface area contributed by atoms with E-state index < -0.39 is 5.91 Å². The number of carbonyl (C=O) groups is 1. The maximum atomic E-state index is 13.0. The van der Waals surface area contributed by atoms with Crippen LogP contribution in [0.4, 0.5) is 15.9 Å². The van der Waals surface area contributed by atoms with Gasteiger partial charge in [-0.2, -0.15) is 9.78 Å². The average molecular weight is 421 g/mol. The summed E-state index contributed by atoms with van der Waals surface area (Å²) in [6.45, 7) is 0.174. The van der Waals surface area contributed by atoms with Gasteiger partial charge < -0.3 is 11.1 Å². The van der Waals surface area contributed by atoms with Crippen LogP contribution in [0.5, 0.6) is 0 Å². The van der Waals surface area contributed by atoms with Crippen molar-refractivity contribution in [1.82, 2.24) is 30.7 Å². The molecule has 2 aromatic heterocycles. The van der Waals surface area contributed by atoms with E-state index in [-0.39, 0.29) is 29.7 Å². The van der Waals surface area contributed by atoms with E-state index in [1.807, 2.05) is 30.3 Å². The molecule has 4 rings (SSSR count). The monoisotopic (exact) mass is 421 g/mol. The summed E-state index contributed by atoms with van der Waals surface area (Å²) < 4.78 is 18.9. The number of para-hydroxylation sites is 1. The van der Waals surface area contributed by atoms with Crippen molar-refractivity contribution in [2.45, 2.75) is 6.54 Å². The molecule has 1 amide bonds. The Morgan fingerprint density at radius 3 is 2.65 bits per heavy atom. The molecule has 4 N–H and O–H groups in total. The molecule has 0 atom stereocenters. The van der Waals surface area contributed by atoms with E-state index in [2.05, 4.69) is 41.1 Å². The highest BCUT2D eigenvalue weighted by Crippen LogP contribution is 2.17. The number of hydrogen-bond acceptors (Lipinski definition) is 9. The third-order valence-electron chi connectivity index (χ3n) is 4.16. The van der Waals surface area contributed by atoms with Gasteiger partial charge in [-0.1, -0.05) is 35.5 Å². The number of rotatable bonds is 7. The third-order valence-corrected chi connectivity index (χ3v) is 4.16. The summed E-state index contributed by atoms with van der Waals surface area (Å²) >= 11 is 0. The highest BCUT2D eigenvalue weighted by atomic mass is 19.1. The Labute approximate surface area is 174 Å². The van der Waals surface area contributed by atoms with Crippen LogP contribution in [-0.2, 0) is 6.54 Å². The summed E-state index contributed by atoms with van der Waals surface area (Å²) in [5, 5.41) is 22.2. The first-order valence-electron chi connectivity index (χ1n) is 9.02. The summed E-state index contributed by atoms with van der Waals surface area (Å²) in [7, 11) is 0. The van der Waals surface area contributed by atoms with Gasteiger partial charge in [-0.3, -0.25) is 4.79 Å². The molecule has 0 saturated heterocycles. The van der Waals surface area contributed by atoms with Crippen molar-refractivity contribution in [2.24, 2.45) is 5.10 Å². The lowest BCUT2D eigenvalue weighted by molar-refractivity contribution is 0.0949. The number of amides is 1. The molecule has 0 aliphatic carbocycles. The molecule has 0 bridgehead atoms. The van der Waals surface area contributed by atoms with E-state index in [0.29, 0.717) is 11.3 Å². The molecule has 11 nitrogen and oxygen atoms in total. The Balaban J connectivity index is 1.57. The number of nitrogens with two attached hydrogens (primary N) is 1. The fourth-order valence-electron chi connectivity index (χ4n) is 2.65. The van der Waals surface area contributed by atoms with Gasteiger partial charge in [0.2, 0.25) is 11.6 Å². The van der Waals surface area contributed by atoms with Crippen molar-refractivity contribution < 1.29 is 13.8 Å². The molecular formula is C19H16FN9O2. The molecule has 4 aromatic rings. The van der Waals surface area contributed by atoms with Crippen LogP contribution in [0.2, 0.25) is 0 Å². The number of hydrazone groups is 1. The van der Waals surface area contributed by atoms with E-state index in [4.69, 9.17) is 5.73 Å². The standard InChI is InChI=1S/C19H16FN9O2/c20-13-8-6-12(7-9-13)10-23-25-19(30)16-15(11-22-14-4-2-1-3-5-14)29(28-24-16)18-17(21)26-31-27-18/h1-10,22H,11H2,(H2,21,26)(H,25,30). The number of aromatic nitrogens is 5. The summed E-state index contributed by atoms with van der Waals surface area (Å²) in [6.07, 6.45) is 1.38. The number of anilines is 2. The molecule has 156 valence electrons. The lowest BCUT2D eigenvalue weighted by atomic mass is 10.2. The van der Waals surface area contributed by atoms with Gasteiger partial charge in [0.05, 0.1) is 18.5 Å². The van der Waals surface area contributed by atoms with Crippen LogP contribution >= 0.6 is 0 Å². The van der Waals surface area contributed by atoms with Crippen LogP contribution in [0, 0.1) is 5.82 Å². The zero-order valence-electron chi connectivity index (χ0n) is 15.9. The first-order chi connectivity index (χ1) is 15.1. The maximum Gasteiger partial charge on any atom is 0.293 e. The Kier molecular flexibility index (Phi) is 5.60. The van der Waals surface area contributed by atoms with E-state index in [1.54, 1.807) is 0 Å². The van der Waals surface area contributed by atoms with Crippen molar-refractivity contribution in [3.63, 3.8) is 0 Å². The molecule has 2 heterocycles. The highest BCUT2D eigenvalue weighted by molar-refractivity contribution is 5.94. The number of nitrogens with zero attached hydrogens (tertiary/aromatic N) is 6. The maximum absolute atomic E-state index is 13.0. The predicted octanol–water partition coefficient (Wildman–Crippen LogP) is 1.75. The largest absolute Gasteiger partial charge is 0.379 e. The quantitative estimate of drug-likeness (QED) is 0.302. The van der Waals surface area contributed by atoms with Crippen molar-refractivity contribution in [2.75, 3.05) is 11.1 Å². The summed E-state index contributed by atoms with van der Waals surface area (Å²) in [5.74, 6) is -0.877. The molecular weight excluding hydrogens is 405 g/mol. The molecule has 0 spiro atoms. The number of carbonyl (C=O) groups excluding carboxylic acids is 1. The normalized spacial score (nSPS) is 11.0. The lowest BCUT2D eigenvalue weighted by Gasteiger charge is -2.08. The van der Waals surface area contributed by atoms with E-state index in [9.17, 15) is 9.18 Å². The Morgan fingerprint density at radius 2 is 1.94 bits per heavy atom. The fourth-order valence-corrected chi connectivity index (χ4v) is 2.65. The van der Waals surface area contributed by atoms with Crippen molar-refractivity contribution in [3.8, 4) is 5.82 Å². The van der Waals surface area contributed by atoms with Crippen LogP contribution in [-0.4, -0.2) is 37.4 Å². The fraction of sp³-hybridized carbons (Fsp3) is 0.0526. The molecule has 0 saturated carbocycles. The number of halogens is 1. The topological polar surface area (TPSA) is 149 Å². The van der Waals surface area contributed by atoms with E-state index >= 15 is 0 Å². The van der Waals surface area contributed by atoms with Crippen LogP contribution < -0.4 is 16.5 Å². The van der Waals surface area contributed by atoms with Gasteiger partial charge >= 0.3 is 0 Å². The summed E-state index contributed by atoms with van der Waals surface area (Å²) in [5.41, 5.74) is 9.93. The van der Waals surface area contributed by atoms with Gasteiger partial charge in [-0.05, 0) is 40.1 Å². The first kappa shape index (κ1) is 19.7. The second-order valence-electron chi connectivity index (χ2n) is 6.24. The van der Waals surface area contributed by atoms with Gasteiger partial charge in [0.15, 0.2) is 5.69 Å². The Bertz CT molecular complexity index is 1200. The molecule has 0 unspecified atom stereocenters. The molecule has 2 aromatic carbocycles. The van der Waals surface area contributed by atoms with Crippen LogP contribution in [0.1, 0.15) is 21.7 Å². The average Bonchev–Trinajstić information content (AvgIpc) is 3.40. The third kappa shape index (κ3) is 4.53. The van der Waals surface area contributed by atoms with Gasteiger partial charge in [0, 0.05) is 5.69 Å². The van der Waals surface area contributed by atoms with Gasteiger partial charge in [-0.15, -0.1) is 5.10 Å². The zero-order valence-corrected chi connectivity index (χ0v) is 15.9. The van der Waals surface area contributed by atoms with Crippen LogP contribution in [0.15, 0.2) is 64.3 Å². The smallest absolute Gasteiger partial charge is 0.293 e. The van der Waals surface area contributed by atoms with E-state index in [1.165, 1.54) is 35.2 Å². The van der Waals surface area contributed by atoms with Gasteiger partial charge in [-0.25, -0.2) is 14.4 Å². The number of nitrogens with one attached hydrogen (secondary N) is 2. The Morgan fingerprint density at radius 1 is 1.16 bits per heavy atom. The number of nitrogen functional groups attached to an aromatic ring is 1. The minimum absolute atomic E-state index is 0.00193. The Hall–Kier alpha value is -4.61. The lowest BCUT2D eigenvalue weighted by Crippen LogP contribution is -2.21. The number of benzene rings is 2. The second kappa shape index (κ2) is 8.82. The molecule has 0 aliphatic heterocycles. The molecule has 0 aliphatic rings. The van der Waals surface area contributed by atoms with Crippen molar-refractivity contribution in [1.29, 1.82) is 0 Å². The predicted molar refractivity (Wildman–Crippen MR) is 109 cm³/mol. The van der Waals surface area contributed by atoms with Gasteiger partial charge in [0.25, 0.3) is 5.91 Å². The first-order valence-corrected chi connectivity index (χ1v) is 9.02. The SMILES string of the molecule is Nc1nonc1-n1nnc(C(=O)NN=Cc2ccc(F)cc2)c1CNc1ccccc1. The van der Waals surface area contributed by atoms with E-state index in [0.717, 1.165) is 5.69 Å². The molecule has 0 radical (unpaired) electrons. The minimum Gasteiger partial charge on any atom is -0.379 e. The summed E-state index contributed by atoms with van der Waals surface area (Å²) in [6, 6.07) is 15.0. The molecule has 0 fully saturated rings. The van der Waals surface area contributed by atoms with Crippen LogP contribution in [0.25, 0.3) is 5.82 Å². The van der Waals surface area contributed by atoms with Crippen LogP contribution in [0.3, 0.4) is 0 Å². The van der Waals surface area contributed by atoms with Crippen molar-refractivity contribution in [3.05, 3.63) is 77.4 Å². The minimum atomic E-state index is -0.607. The molecule has 31 heavy (non-hydrogen) atoms. The van der Waals surface area contributed by atoms with Crippen molar-refractivity contribution >= 4 is 23.6 Å². The van der Waals surface area contributed by atoms with Gasteiger partial charge in [0.1, 0.15) is 5.82 Å². The second-order valence-corrected chi connectivity index (χ2v) is 6.24. The highest BCUT2D eigenvalue weighted by Gasteiger charge is 2.23. The summed E-state index contributed by atoms with van der Waals surface area (Å²) in [4.78, 5) is 12.7. The zero-order chi connectivity index (χ0) is 21.6. The number of hydrogen-bond donors (Lipinski definition) is 3. The molecule has 12 heteroatoms.